The number of benzene rings is 1. The summed E-state index contributed by atoms with van der Waals surface area (Å²) < 4.78 is 0. The summed E-state index contributed by atoms with van der Waals surface area (Å²) in [5.41, 5.74) is 1.07. The molecule has 1 heterocycles. The first-order chi connectivity index (χ1) is 12.6. The Morgan fingerprint density at radius 1 is 1.15 bits per heavy atom. The number of rotatable bonds is 7. The summed E-state index contributed by atoms with van der Waals surface area (Å²) in [6.07, 6.45) is 4.39. The minimum Gasteiger partial charge on any atom is -0.349 e. The standard InChI is InChI=1S/C20H25N3O2S/c1-14(18-11-6-12-26-18)21-13-19(24)23-17-10-5-4-9-16(17)20(25)22-15-7-2-3-8-15/h4-6,9-12,14-15,21H,2-3,7-8,13H2,1H3,(H,22,25)(H,23,24)/t14-/m1/s1. The number of carbonyl (C=O) groups is 2. The zero-order valence-electron chi connectivity index (χ0n) is 15.0. The Morgan fingerprint density at radius 2 is 1.92 bits per heavy atom. The molecule has 6 heteroatoms. The van der Waals surface area contributed by atoms with E-state index >= 15 is 0 Å². The largest absolute Gasteiger partial charge is 0.349 e. The quantitative estimate of drug-likeness (QED) is 0.695. The molecule has 0 bridgehead atoms. The molecule has 1 aliphatic rings. The van der Waals surface area contributed by atoms with Crippen LogP contribution in [0.2, 0.25) is 0 Å². The van der Waals surface area contributed by atoms with Crippen LogP contribution in [0, 0.1) is 0 Å². The number of hydrogen-bond donors (Lipinski definition) is 3. The zero-order chi connectivity index (χ0) is 18.4. The van der Waals surface area contributed by atoms with Gasteiger partial charge in [-0.15, -0.1) is 11.3 Å². The van der Waals surface area contributed by atoms with E-state index in [1.165, 1.54) is 4.88 Å². The van der Waals surface area contributed by atoms with Crippen molar-refractivity contribution >= 4 is 28.8 Å². The summed E-state index contributed by atoms with van der Waals surface area (Å²) in [7, 11) is 0. The molecule has 0 aliphatic heterocycles. The molecule has 1 aromatic carbocycles. The van der Waals surface area contributed by atoms with E-state index < -0.39 is 0 Å². The van der Waals surface area contributed by atoms with Crippen molar-refractivity contribution in [2.24, 2.45) is 0 Å². The Hall–Kier alpha value is -2.18. The molecule has 1 fully saturated rings. The molecule has 1 aromatic heterocycles. The molecule has 1 aliphatic carbocycles. The molecule has 26 heavy (non-hydrogen) atoms. The zero-order valence-corrected chi connectivity index (χ0v) is 15.8. The molecule has 138 valence electrons. The third-order valence-electron chi connectivity index (χ3n) is 4.67. The predicted octanol–water partition coefficient (Wildman–Crippen LogP) is 3.71. The van der Waals surface area contributed by atoms with E-state index in [-0.39, 0.29) is 30.4 Å². The molecular formula is C20H25N3O2S. The van der Waals surface area contributed by atoms with Crippen molar-refractivity contribution in [3.63, 3.8) is 0 Å². The van der Waals surface area contributed by atoms with Gasteiger partial charge in [-0.05, 0) is 43.3 Å². The topological polar surface area (TPSA) is 70.2 Å². The van der Waals surface area contributed by atoms with Crippen LogP contribution in [0.4, 0.5) is 5.69 Å². The first kappa shape index (κ1) is 18.6. The third kappa shape index (κ3) is 4.93. The van der Waals surface area contributed by atoms with Gasteiger partial charge < -0.3 is 16.0 Å². The van der Waals surface area contributed by atoms with Crippen LogP contribution in [0.15, 0.2) is 41.8 Å². The lowest BCUT2D eigenvalue weighted by Crippen LogP contribution is -2.34. The molecule has 2 aromatic rings. The lowest BCUT2D eigenvalue weighted by atomic mass is 10.1. The molecular weight excluding hydrogens is 346 g/mol. The molecule has 5 nitrogen and oxygen atoms in total. The van der Waals surface area contributed by atoms with Gasteiger partial charge in [0.05, 0.1) is 17.8 Å². The fraction of sp³-hybridized carbons (Fsp3) is 0.400. The number of anilines is 1. The van der Waals surface area contributed by atoms with Crippen LogP contribution in [0.1, 0.15) is 53.9 Å². The second kappa shape index (κ2) is 8.96. The van der Waals surface area contributed by atoms with E-state index in [0.717, 1.165) is 25.7 Å². The summed E-state index contributed by atoms with van der Waals surface area (Å²) >= 11 is 1.66. The van der Waals surface area contributed by atoms with E-state index in [1.54, 1.807) is 23.5 Å². The van der Waals surface area contributed by atoms with Crippen LogP contribution in [0.25, 0.3) is 0 Å². The van der Waals surface area contributed by atoms with Crippen molar-refractivity contribution in [3.05, 3.63) is 52.2 Å². The third-order valence-corrected chi connectivity index (χ3v) is 5.73. The predicted molar refractivity (Wildman–Crippen MR) is 106 cm³/mol. The number of carbonyl (C=O) groups excluding carboxylic acids is 2. The highest BCUT2D eigenvalue weighted by molar-refractivity contribution is 7.10. The number of amides is 2. The van der Waals surface area contributed by atoms with Crippen LogP contribution in [0.3, 0.4) is 0 Å². The molecule has 3 rings (SSSR count). The second-order valence-corrected chi connectivity index (χ2v) is 7.65. The van der Waals surface area contributed by atoms with Gasteiger partial charge in [0, 0.05) is 17.0 Å². The lowest BCUT2D eigenvalue weighted by Gasteiger charge is -2.16. The summed E-state index contributed by atoms with van der Waals surface area (Å²) in [5, 5.41) is 11.2. The van der Waals surface area contributed by atoms with Crippen molar-refractivity contribution in [2.45, 2.75) is 44.7 Å². The normalized spacial score (nSPS) is 15.6. The van der Waals surface area contributed by atoms with Gasteiger partial charge in [0.1, 0.15) is 0 Å². The first-order valence-electron chi connectivity index (χ1n) is 9.10. The summed E-state index contributed by atoms with van der Waals surface area (Å²) in [6, 6.07) is 11.6. The number of para-hydroxylation sites is 1. The molecule has 3 N–H and O–H groups in total. The maximum atomic E-state index is 12.5. The minimum atomic E-state index is -0.158. The molecule has 2 amide bonds. The molecule has 0 unspecified atom stereocenters. The SMILES string of the molecule is C[C@@H](NCC(=O)Nc1ccccc1C(=O)NC1CCCC1)c1cccs1. The van der Waals surface area contributed by atoms with E-state index in [1.807, 2.05) is 36.6 Å². The molecule has 0 saturated heterocycles. The van der Waals surface area contributed by atoms with Gasteiger partial charge in [0.2, 0.25) is 5.91 Å². The van der Waals surface area contributed by atoms with Crippen LogP contribution in [-0.2, 0) is 4.79 Å². The Balaban J connectivity index is 1.56. The molecule has 1 atom stereocenters. The summed E-state index contributed by atoms with van der Waals surface area (Å²) in [4.78, 5) is 26.0. The smallest absolute Gasteiger partial charge is 0.253 e. The number of hydrogen-bond acceptors (Lipinski definition) is 4. The Kier molecular flexibility index (Phi) is 6.41. The van der Waals surface area contributed by atoms with Crippen molar-refractivity contribution in [1.29, 1.82) is 0 Å². The Bertz CT molecular complexity index is 739. The monoisotopic (exact) mass is 371 g/mol. The van der Waals surface area contributed by atoms with Gasteiger partial charge in [-0.1, -0.05) is 31.0 Å². The number of thiophene rings is 1. The van der Waals surface area contributed by atoms with Crippen LogP contribution < -0.4 is 16.0 Å². The highest BCUT2D eigenvalue weighted by Crippen LogP contribution is 2.21. The van der Waals surface area contributed by atoms with Crippen LogP contribution >= 0.6 is 11.3 Å². The molecule has 0 radical (unpaired) electrons. The number of nitrogens with one attached hydrogen (secondary N) is 3. The lowest BCUT2D eigenvalue weighted by molar-refractivity contribution is -0.115. The van der Waals surface area contributed by atoms with Gasteiger partial charge in [0.25, 0.3) is 5.91 Å². The summed E-state index contributed by atoms with van der Waals surface area (Å²) in [5.74, 6) is -0.276. The average molecular weight is 372 g/mol. The van der Waals surface area contributed by atoms with Gasteiger partial charge in [-0.25, -0.2) is 0 Å². The van der Waals surface area contributed by atoms with Crippen molar-refractivity contribution in [2.75, 3.05) is 11.9 Å². The maximum absolute atomic E-state index is 12.5. The van der Waals surface area contributed by atoms with Crippen LogP contribution in [-0.4, -0.2) is 24.4 Å². The summed E-state index contributed by atoms with van der Waals surface area (Å²) in [6.45, 7) is 2.22. The Morgan fingerprint density at radius 3 is 2.65 bits per heavy atom. The van der Waals surface area contributed by atoms with Gasteiger partial charge in [0.15, 0.2) is 0 Å². The van der Waals surface area contributed by atoms with E-state index in [9.17, 15) is 9.59 Å². The van der Waals surface area contributed by atoms with Crippen molar-refractivity contribution < 1.29 is 9.59 Å². The van der Waals surface area contributed by atoms with Gasteiger partial charge in [-0.2, -0.15) is 0 Å². The Labute approximate surface area is 158 Å². The van der Waals surface area contributed by atoms with Crippen molar-refractivity contribution in [1.82, 2.24) is 10.6 Å². The van der Waals surface area contributed by atoms with E-state index in [4.69, 9.17) is 0 Å². The highest BCUT2D eigenvalue weighted by atomic mass is 32.1. The first-order valence-corrected chi connectivity index (χ1v) is 9.98. The fourth-order valence-electron chi connectivity index (χ4n) is 3.20. The van der Waals surface area contributed by atoms with Crippen molar-refractivity contribution in [3.8, 4) is 0 Å². The highest BCUT2D eigenvalue weighted by Gasteiger charge is 2.20. The van der Waals surface area contributed by atoms with E-state index in [0.29, 0.717) is 11.3 Å². The molecule has 1 saturated carbocycles. The fourth-order valence-corrected chi connectivity index (χ4v) is 3.96. The molecule has 0 spiro atoms. The average Bonchev–Trinajstić information content (AvgIpc) is 3.34. The van der Waals surface area contributed by atoms with E-state index in [2.05, 4.69) is 16.0 Å². The van der Waals surface area contributed by atoms with Gasteiger partial charge >= 0.3 is 0 Å². The second-order valence-electron chi connectivity index (χ2n) is 6.67. The maximum Gasteiger partial charge on any atom is 0.253 e. The van der Waals surface area contributed by atoms with Crippen LogP contribution in [0.5, 0.6) is 0 Å². The minimum absolute atomic E-state index is 0.113. The van der Waals surface area contributed by atoms with Gasteiger partial charge in [-0.3, -0.25) is 9.59 Å².